The first kappa shape index (κ1) is 22.7. The summed E-state index contributed by atoms with van der Waals surface area (Å²) in [5.41, 5.74) is 1.52. The highest BCUT2D eigenvalue weighted by Gasteiger charge is 2.25. The molecule has 0 saturated heterocycles. The van der Waals surface area contributed by atoms with Crippen molar-refractivity contribution in [2.24, 2.45) is 0 Å². The highest BCUT2D eigenvalue weighted by molar-refractivity contribution is 7.15. The second-order valence-corrected chi connectivity index (χ2v) is 7.78. The van der Waals surface area contributed by atoms with Gasteiger partial charge in [-0.25, -0.2) is 4.52 Å². The van der Waals surface area contributed by atoms with Crippen molar-refractivity contribution in [1.82, 2.24) is 14.6 Å². The lowest BCUT2D eigenvalue weighted by Gasteiger charge is -2.10. The van der Waals surface area contributed by atoms with Gasteiger partial charge in [0, 0.05) is 29.6 Å². The van der Waals surface area contributed by atoms with Crippen LogP contribution in [-0.4, -0.2) is 45.6 Å². The van der Waals surface area contributed by atoms with Crippen LogP contribution in [0.4, 0.5) is 17.3 Å². The third-order valence-corrected chi connectivity index (χ3v) is 5.57. The van der Waals surface area contributed by atoms with Crippen LogP contribution in [0.5, 0.6) is 11.5 Å². The van der Waals surface area contributed by atoms with Gasteiger partial charge in [0.1, 0.15) is 5.56 Å². The third kappa shape index (κ3) is 4.36. The number of carbonyl (C=O) groups excluding carboxylic acids is 2. The minimum absolute atomic E-state index is 0.0166. The number of methoxy groups -OCH3 is 2. The highest BCUT2D eigenvalue weighted by Crippen LogP contribution is 2.35. The molecule has 4 rings (SSSR count). The molecule has 0 saturated carbocycles. The van der Waals surface area contributed by atoms with Crippen LogP contribution < -0.4 is 20.1 Å². The highest BCUT2D eigenvalue weighted by atomic mass is 32.1. The van der Waals surface area contributed by atoms with Gasteiger partial charge in [-0.05, 0) is 12.1 Å². The van der Waals surface area contributed by atoms with Crippen LogP contribution >= 0.6 is 11.3 Å². The molecular formula is C21H18N6O6S. The normalized spacial score (nSPS) is 10.7. The first-order valence-corrected chi connectivity index (χ1v) is 10.6. The van der Waals surface area contributed by atoms with E-state index in [9.17, 15) is 19.7 Å². The molecule has 0 aliphatic rings. The Hall–Kier alpha value is -4.52. The predicted molar refractivity (Wildman–Crippen MR) is 125 cm³/mol. The number of amides is 2. The van der Waals surface area contributed by atoms with Crippen molar-refractivity contribution in [2.75, 3.05) is 24.9 Å². The number of rotatable bonds is 7. The van der Waals surface area contributed by atoms with Gasteiger partial charge in [-0.1, -0.05) is 12.1 Å². The average molecular weight is 482 g/mol. The molecular weight excluding hydrogens is 464 g/mol. The number of hydrogen-bond acceptors (Lipinski definition) is 9. The van der Waals surface area contributed by atoms with E-state index in [0.717, 1.165) is 17.3 Å². The van der Waals surface area contributed by atoms with Gasteiger partial charge in [0.25, 0.3) is 17.5 Å². The number of thiazole rings is 1. The Balaban J connectivity index is 1.63. The Morgan fingerprint density at radius 2 is 1.76 bits per heavy atom. The number of anilines is 2. The molecule has 0 spiro atoms. The zero-order chi connectivity index (χ0) is 24.4. The second kappa shape index (κ2) is 9.15. The fraction of sp³-hybridized carbons (Fsp3) is 0.143. The van der Waals surface area contributed by atoms with E-state index in [1.807, 2.05) is 17.5 Å². The van der Waals surface area contributed by atoms with Crippen LogP contribution in [0.1, 0.15) is 17.3 Å². The van der Waals surface area contributed by atoms with Crippen molar-refractivity contribution in [1.29, 1.82) is 0 Å². The van der Waals surface area contributed by atoms with E-state index in [-0.39, 0.29) is 28.9 Å². The van der Waals surface area contributed by atoms with Crippen molar-refractivity contribution in [3.05, 3.63) is 57.5 Å². The molecule has 13 heteroatoms. The summed E-state index contributed by atoms with van der Waals surface area (Å²) in [4.78, 5) is 39.7. The van der Waals surface area contributed by atoms with E-state index in [0.29, 0.717) is 10.6 Å². The molecule has 174 valence electrons. The Kier molecular flexibility index (Phi) is 6.10. The number of hydrogen-bond donors (Lipinski definition) is 2. The molecule has 0 unspecified atom stereocenters. The van der Waals surface area contributed by atoms with Gasteiger partial charge in [-0.3, -0.25) is 25.0 Å². The standard InChI is InChI=1S/C21H18N6O6S/c1-11(28)22-13-6-4-12(5-7-13)16-10-34-21-24-20(25-26(16)21)23-19(29)14-8-17(32-2)18(33-3)9-15(14)27(30)31/h4-10H,1-3H3,(H,22,28)(H,23,25,29). The van der Waals surface area contributed by atoms with Gasteiger partial charge in [-0.15, -0.1) is 16.4 Å². The lowest BCUT2D eigenvalue weighted by molar-refractivity contribution is -0.385. The molecule has 4 aromatic rings. The third-order valence-electron chi connectivity index (χ3n) is 4.75. The van der Waals surface area contributed by atoms with Gasteiger partial charge in [-0.2, -0.15) is 4.98 Å². The number of aromatic nitrogens is 3. The number of nitro benzene ring substituents is 1. The van der Waals surface area contributed by atoms with E-state index in [2.05, 4.69) is 20.7 Å². The molecule has 0 aliphatic carbocycles. The van der Waals surface area contributed by atoms with Crippen molar-refractivity contribution < 1.29 is 24.0 Å². The average Bonchev–Trinajstić information content (AvgIpc) is 3.38. The molecule has 0 aliphatic heterocycles. The molecule has 2 amide bonds. The first-order chi connectivity index (χ1) is 16.3. The van der Waals surface area contributed by atoms with Crippen molar-refractivity contribution in [3.8, 4) is 22.8 Å². The fourth-order valence-electron chi connectivity index (χ4n) is 3.23. The number of nitro groups is 1. The Morgan fingerprint density at radius 1 is 1.09 bits per heavy atom. The van der Waals surface area contributed by atoms with Crippen molar-refractivity contribution >= 4 is 45.4 Å². The molecule has 2 N–H and O–H groups in total. The van der Waals surface area contributed by atoms with Gasteiger partial charge in [0.05, 0.1) is 30.9 Å². The summed E-state index contributed by atoms with van der Waals surface area (Å²) in [5.74, 6) is -0.663. The van der Waals surface area contributed by atoms with E-state index < -0.39 is 16.5 Å². The predicted octanol–water partition coefficient (Wildman–Crippen LogP) is 3.59. The summed E-state index contributed by atoms with van der Waals surface area (Å²) in [5, 5.41) is 22.9. The van der Waals surface area contributed by atoms with Crippen LogP contribution in [0, 0.1) is 10.1 Å². The summed E-state index contributed by atoms with van der Waals surface area (Å²) in [6, 6.07) is 9.51. The number of benzene rings is 2. The summed E-state index contributed by atoms with van der Waals surface area (Å²) in [7, 11) is 2.70. The summed E-state index contributed by atoms with van der Waals surface area (Å²) in [6.45, 7) is 1.43. The Labute approximate surface area is 196 Å². The SMILES string of the molecule is COc1cc(C(=O)Nc2nc3scc(-c4ccc(NC(C)=O)cc4)n3n2)c([N+](=O)[O-])cc1OC. The molecule has 2 aromatic carbocycles. The van der Waals surface area contributed by atoms with E-state index in [1.165, 1.54) is 38.5 Å². The summed E-state index contributed by atoms with van der Waals surface area (Å²) < 4.78 is 11.8. The maximum Gasteiger partial charge on any atom is 0.286 e. The number of carbonyl (C=O) groups is 2. The summed E-state index contributed by atoms with van der Waals surface area (Å²) >= 11 is 1.31. The zero-order valence-corrected chi connectivity index (χ0v) is 19.0. The smallest absolute Gasteiger partial charge is 0.286 e. The van der Waals surface area contributed by atoms with Gasteiger partial charge in [0.15, 0.2) is 11.5 Å². The number of fused-ring (bicyclic) bond motifs is 1. The van der Waals surface area contributed by atoms with Crippen LogP contribution in [0.15, 0.2) is 41.8 Å². The molecule has 0 radical (unpaired) electrons. The topological polar surface area (TPSA) is 150 Å². The van der Waals surface area contributed by atoms with Gasteiger partial charge in [0.2, 0.25) is 10.9 Å². The van der Waals surface area contributed by atoms with Crippen LogP contribution in [0.25, 0.3) is 16.2 Å². The molecule has 0 atom stereocenters. The van der Waals surface area contributed by atoms with E-state index in [4.69, 9.17) is 9.47 Å². The monoisotopic (exact) mass is 482 g/mol. The molecule has 2 heterocycles. The molecule has 0 bridgehead atoms. The fourth-order valence-corrected chi connectivity index (χ4v) is 4.06. The number of nitrogens with one attached hydrogen (secondary N) is 2. The molecule has 12 nitrogen and oxygen atoms in total. The van der Waals surface area contributed by atoms with E-state index >= 15 is 0 Å². The van der Waals surface area contributed by atoms with Crippen molar-refractivity contribution in [2.45, 2.75) is 6.92 Å². The minimum atomic E-state index is -0.771. The largest absolute Gasteiger partial charge is 0.493 e. The number of nitrogens with zero attached hydrogens (tertiary/aromatic N) is 4. The zero-order valence-electron chi connectivity index (χ0n) is 18.2. The number of ether oxygens (including phenoxy) is 2. The Morgan fingerprint density at radius 3 is 2.38 bits per heavy atom. The van der Waals surface area contributed by atoms with Gasteiger partial charge < -0.3 is 14.8 Å². The van der Waals surface area contributed by atoms with Gasteiger partial charge >= 0.3 is 0 Å². The van der Waals surface area contributed by atoms with Crippen LogP contribution in [0.2, 0.25) is 0 Å². The van der Waals surface area contributed by atoms with Crippen LogP contribution in [-0.2, 0) is 4.79 Å². The maximum absolute atomic E-state index is 12.9. The van der Waals surface area contributed by atoms with E-state index in [1.54, 1.807) is 16.6 Å². The minimum Gasteiger partial charge on any atom is -0.493 e. The Bertz CT molecular complexity index is 1410. The lowest BCUT2D eigenvalue weighted by atomic mass is 10.1. The summed E-state index contributed by atoms with van der Waals surface area (Å²) in [6.07, 6.45) is 0. The first-order valence-electron chi connectivity index (χ1n) is 9.74. The maximum atomic E-state index is 12.9. The lowest BCUT2D eigenvalue weighted by Crippen LogP contribution is -2.15. The quantitative estimate of drug-likeness (QED) is 0.300. The van der Waals surface area contributed by atoms with Crippen molar-refractivity contribution in [3.63, 3.8) is 0 Å². The molecule has 0 fully saturated rings. The molecule has 2 aromatic heterocycles. The second-order valence-electron chi connectivity index (χ2n) is 6.94. The molecule has 34 heavy (non-hydrogen) atoms. The van der Waals surface area contributed by atoms with Crippen LogP contribution in [0.3, 0.4) is 0 Å².